The highest BCUT2D eigenvalue weighted by Gasteiger charge is 2.28. The Morgan fingerprint density at radius 2 is 2.38 bits per heavy atom. The Kier molecular flexibility index (Phi) is 3.25. The molecule has 2 N–H and O–H groups in total. The van der Waals surface area contributed by atoms with E-state index >= 15 is 0 Å². The van der Waals surface area contributed by atoms with Crippen LogP contribution in [-0.2, 0) is 0 Å². The molecule has 0 saturated heterocycles. The van der Waals surface area contributed by atoms with E-state index in [1.165, 1.54) is 18.5 Å². The molecule has 1 aliphatic carbocycles. The first-order valence-electron chi connectivity index (χ1n) is 5.81. The van der Waals surface area contributed by atoms with Crippen molar-refractivity contribution in [3.63, 3.8) is 0 Å². The summed E-state index contributed by atoms with van der Waals surface area (Å²) in [4.78, 5) is 6.74. The predicted octanol–water partition coefficient (Wildman–Crippen LogP) is 2.26. The summed E-state index contributed by atoms with van der Waals surface area (Å²) in [5.74, 6) is 0. The molecule has 1 unspecified atom stereocenters. The molecule has 1 aliphatic rings. The molecule has 1 aromatic heterocycles. The van der Waals surface area contributed by atoms with Gasteiger partial charge < -0.3 is 10.6 Å². The number of anilines is 1. The third-order valence-corrected chi connectivity index (χ3v) is 2.88. The van der Waals surface area contributed by atoms with Crippen LogP contribution in [0.5, 0.6) is 0 Å². The third-order valence-electron chi connectivity index (χ3n) is 2.88. The summed E-state index contributed by atoms with van der Waals surface area (Å²) < 4.78 is 0. The maximum absolute atomic E-state index is 5.78. The van der Waals surface area contributed by atoms with Crippen LogP contribution in [0.3, 0.4) is 0 Å². The lowest BCUT2D eigenvalue weighted by Gasteiger charge is -2.22. The Morgan fingerprint density at radius 3 is 2.81 bits per heavy atom. The van der Waals surface area contributed by atoms with Crippen molar-refractivity contribution in [2.24, 2.45) is 5.73 Å². The van der Waals surface area contributed by atoms with Gasteiger partial charge in [0.25, 0.3) is 0 Å². The van der Waals surface area contributed by atoms with E-state index in [-0.39, 0.29) is 6.04 Å². The number of aromatic nitrogens is 1. The molecule has 1 saturated carbocycles. The molecule has 0 aliphatic heterocycles. The van der Waals surface area contributed by atoms with Crippen LogP contribution in [0.2, 0.25) is 0 Å². The Balaban J connectivity index is 2.14. The summed E-state index contributed by atoms with van der Waals surface area (Å²) in [6, 6.07) is 4.80. The van der Waals surface area contributed by atoms with Crippen molar-refractivity contribution < 1.29 is 0 Å². The fraction of sp³-hybridized carbons (Fsp3) is 0.462. The Bertz CT molecular complexity index is 352. The van der Waals surface area contributed by atoms with Crippen LogP contribution < -0.4 is 10.6 Å². The first-order valence-corrected chi connectivity index (χ1v) is 5.81. The van der Waals surface area contributed by atoms with Crippen LogP contribution in [0.4, 0.5) is 5.69 Å². The van der Waals surface area contributed by atoms with Gasteiger partial charge in [-0.15, -0.1) is 6.58 Å². The topological polar surface area (TPSA) is 42.1 Å². The average molecular weight is 217 g/mol. The molecule has 3 heteroatoms. The first kappa shape index (κ1) is 11.1. The standard InChI is InChI=1S/C13H19N3/c1-3-8-16(11-4-5-11)12-6-7-13(10(2)14)15-9-12/h3,6-7,9-11H,1,4-5,8,14H2,2H3. The van der Waals surface area contributed by atoms with E-state index < -0.39 is 0 Å². The van der Waals surface area contributed by atoms with Crippen molar-refractivity contribution in [1.82, 2.24) is 4.98 Å². The Morgan fingerprint density at radius 1 is 1.62 bits per heavy atom. The molecule has 1 atom stereocenters. The van der Waals surface area contributed by atoms with Crippen molar-refractivity contribution >= 4 is 5.69 Å². The molecule has 16 heavy (non-hydrogen) atoms. The maximum atomic E-state index is 5.78. The number of nitrogens with two attached hydrogens (primary N) is 1. The molecule has 86 valence electrons. The van der Waals surface area contributed by atoms with Crippen LogP contribution >= 0.6 is 0 Å². The van der Waals surface area contributed by atoms with E-state index in [2.05, 4.69) is 22.5 Å². The fourth-order valence-corrected chi connectivity index (χ4v) is 1.83. The zero-order valence-corrected chi connectivity index (χ0v) is 9.76. The second-order valence-corrected chi connectivity index (χ2v) is 4.40. The highest BCUT2D eigenvalue weighted by Crippen LogP contribution is 2.31. The molecule has 2 rings (SSSR count). The minimum atomic E-state index is 0.00262. The smallest absolute Gasteiger partial charge is 0.0569 e. The summed E-state index contributed by atoms with van der Waals surface area (Å²) in [7, 11) is 0. The molecular weight excluding hydrogens is 198 g/mol. The molecule has 0 spiro atoms. The summed E-state index contributed by atoms with van der Waals surface area (Å²) in [5, 5.41) is 0. The highest BCUT2D eigenvalue weighted by atomic mass is 15.2. The normalized spacial score (nSPS) is 16.9. The molecule has 0 aromatic carbocycles. The van der Waals surface area contributed by atoms with Crippen LogP contribution in [0, 0.1) is 0 Å². The quantitative estimate of drug-likeness (QED) is 0.769. The number of hydrogen-bond donors (Lipinski definition) is 1. The predicted molar refractivity (Wildman–Crippen MR) is 67.4 cm³/mol. The molecule has 3 nitrogen and oxygen atoms in total. The van der Waals surface area contributed by atoms with Crippen LogP contribution in [-0.4, -0.2) is 17.6 Å². The van der Waals surface area contributed by atoms with E-state index in [1.54, 1.807) is 0 Å². The van der Waals surface area contributed by atoms with Gasteiger partial charge >= 0.3 is 0 Å². The monoisotopic (exact) mass is 217 g/mol. The molecule has 1 aromatic rings. The second-order valence-electron chi connectivity index (χ2n) is 4.40. The molecule has 0 radical (unpaired) electrons. The van der Waals surface area contributed by atoms with Crippen LogP contribution in [0.25, 0.3) is 0 Å². The van der Waals surface area contributed by atoms with Crippen molar-refractivity contribution in [1.29, 1.82) is 0 Å². The minimum Gasteiger partial charge on any atom is -0.364 e. The van der Waals surface area contributed by atoms with Gasteiger partial charge in [0.15, 0.2) is 0 Å². The average Bonchev–Trinajstić information content (AvgIpc) is 3.10. The van der Waals surface area contributed by atoms with Gasteiger partial charge in [-0.3, -0.25) is 4.98 Å². The lowest BCUT2D eigenvalue weighted by Crippen LogP contribution is -2.25. The third kappa shape index (κ3) is 2.42. The fourth-order valence-electron chi connectivity index (χ4n) is 1.83. The SMILES string of the molecule is C=CCN(c1ccc(C(C)N)nc1)C1CC1. The Hall–Kier alpha value is -1.35. The zero-order valence-electron chi connectivity index (χ0n) is 9.76. The van der Waals surface area contributed by atoms with Crippen molar-refractivity contribution in [3.8, 4) is 0 Å². The second kappa shape index (κ2) is 4.66. The van der Waals surface area contributed by atoms with E-state index in [0.717, 1.165) is 12.2 Å². The molecule has 0 bridgehead atoms. The number of pyridine rings is 1. The van der Waals surface area contributed by atoms with E-state index in [0.29, 0.717) is 6.04 Å². The van der Waals surface area contributed by atoms with Gasteiger partial charge in [0, 0.05) is 18.6 Å². The van der Waals surface area contributed by atoms with Crippen LogP contribution in [0.15, 0.2) is 31.0 Å². The lowest BCUT2D eigenvalue weighted by atomic mass is 10.2. The largest absolute Gasteiger partial charge is 0.364 e. The summed E-state index contributed by atoms with van der Waals surface area (Å²) in [6.45, 7) is 6.64. The van der Waals surface area contributed by atoms with E-state index in [4.69, 9.17) is 5.73 Å². The van der Waals surface area contributed by atoms with Crippen molar-refractivity contribution in [2.75, 3.05) is 11.4 Å². The highest BCUT2D eigenvalue weighted by molar-refractivity contribution is 5.47. The molecule has 1 heterocycles. The summed E-state index contributed by atoms with van der Waals surface area (Å²) >= 11 is 0. The minimum absolute atomic E-state index is 0.00262. The molecular formula is C13H19N3. The van der Waals surface area contributed by atoms with E-state index in [1.807, 2.05) is 25.3 Å². The Labute approximate surface area is 97.0 Å². The van der Waals surface area contributed by atoms with Gasteiger partial charge in [0.2, 0.25) is 0 Å². The van der Waals surface area contributed by atoms with Crippen LogP contribution in [0.1, 0.15) is 31.5 Å². The van der Waals surface area contributed by atoms with Crippen molar-refractivity contribution in [3.05, 3.63) is 36.7 Å². The number of rotatable bonds is 5. The van der Waals surface area contributed by atoms with Crippen molar-refractivity contribution in [2.45, 2.75) is 31.8 Å². The molecule has 0 amide bonds. The van der Waals surface area contributed by atoms with Gasteiger partial charge in [-0.1, -0.05) is 6.08 Å². The maximum Gasteiger partial charge on any atom is 0.0569 e. The van der Waals surface area contributed by atoms with Gasteiger partial charge in [0.05, 0.1) is 17.6 Å². The number of hydrogen-bond acceptors (Lipinski definition) is 3. The zero-order chi connectivity index (χ0) is 11.5. The summed E-state index contributed by atoms with van der Waals surface area (Å²) in [5.41, 5.74) is 7.89. The lowest BCUT2D eigenvalue weighted by molar-refractivity contribution is 0.776. The van der Waals surface area contributed by atoms with E-state index in [9.17, 15) is 0 Å². The molecule has 1 fully saturated rings. The van der Waals surface area contributed by atoms with Gasteiger partial charge in [-0.05, 0) is 31.9 Å². The number of nitrogens with zero attached hydrogens (tertiary/aromatic N) is 2. The summed E-state index contributed by atoms with van der Waals surface area (Å²) in [6.07, 6.45) is 6.42. The van der Waals surface area contributed by atoms with Gasteiger partial charge in [-0.2, -0.15) is 0 Å². The van der Waals surface area contributed by atoms with Gasteiger partial charge in [0.1, 0.15) is 0 Å². The van der Waals surface area contributed by atoms with Gasteiger partial charge in [-0.25, -0.2) is 0 Å². The first-order chi connectivity index (χ1) is 7.72.